The van der Waals surface area contributed by atoms with Gasteiger partial charge in [-0.1, -0.05) is 23.9 Å². The first-order valence-electron chi connectivity index (χ1n) is 5.34. The van der Waals surface area contributed by atoms with E-state index in [-0.39, 0.29) is 17.0 Å². The third-order valence-corrected chi connectivity index (χ3v) is 2.82. The van der Waals surface area contributed by atoms with Crippen LogP contribution in [0.1, 0.15) is 24.2 Å². The van der Waals surface area contributed by atoms with Gasteiger partial charge < -0.3 is 10.4 Å². The van der Waals surface area contributed by atoms with Crippen molar-refractivity contribution >= 4 is 17.7 Å². The molecule has 1 aromatic carbocycles. The molecule has 1 aromatic rings. The van der Waals surface area contributed by atoms with Crippen LogP contribution in [0, 0.1) is 0 Å². The number of hydrogen-bond donors (Lipinski definition) is 2. The normalized spacial score (nSPS) is 11.7. The summed E-state index contributed by atoms with van der Waals surface area (Å²) in [6, 6.07) is 6.15. The fourth-order valence-corrected chi connectivity index (χ4v) is 1.88. The molecular weight excluding hydrogens is 260 g/mol. The Labute approximate surface area is 109 Å². The van der Waals surface area contributed by atoms with Crippen LogP contribution >= 0.6 is 11.8 Å². The van der Waals surface area contributed by atoms with Crippen molar-refractivity contribution in [1.29, 1.82) is 0 Å². The summed E-state index contributed by atoms with van der Waals surface area (Å²) < 4.78 is 24.7. The molecule has 2 N–H and O–H groups in total. The van der Waals surface area contributed by atoms with Gasteiger partial charge in [-0.05, 0) is 26.0 Å². The van der Waals surface area contributed by atoms with E-state index in [1.165, 1.54) is 12.1 Å². The van der Waals surface area contributed by atoms with Crippen molar-refractivity contribution in [2.24, 2.45) is 0 Å². The lowest BCUT2D eigenvalue weighted by Crippen LogP contribution is -2.38. The number of aliphatic hydroxyl groups is 1. The number of alkyl halides is 2. The zero-order valence-electron chi connectivity index (χ0n) is 10.1. The third-order valence-electron chi connectivity index (χ3n) is 2.03. The van der Waals surface area contributed by atoms with Crippen LogP contribution in [-0.4, -0.2) is 28.9 Å². The lowest BCUT2D eigenvalue weighted by molar-refractivity contribution is 0.0693. The molecule has 0 atom stereocenters. The molecule has 0 saturated heterocycles. The summed E-state index contributed by atoms with van der Waals surface area (Å²) in [5.74, 6) is -3.05. The van der Waals surface area contributed by atoms with Crippen molar-refractivity contribution in [3.8, 4) is 0 Å². The Morgan fingerprint density at radius 3 is 2.61 bits per heavy atom. The number of rotatable bonds is 5. The number of nitrogens with one attached hydrogen (secondary N) is 1. The molecule has 6 heteroatoms. The third kappa shape index (κ3) is 5.01. The summed E-state index contributed by atoms with van der Waals surface area (Å²) in [4.78, 5) is 12.0. The van der Waals surface area contributed by atoms with Gasteiger partial charge in [0.2, 0.25) is 0 Å². The molecule has 0 aliphatic heterocycles. The molecule has 18 heavy (non-hydrogen) atoms. The summed E-state index contributed by atoms with van der Waals surface area (Å²) >= 11 is 0.330. The topological polar surface area (TPSA) is 49.3 Å². The van der Waals surface area contributed by atoms with Gasteiger partial charge in [0.15, 0.2) is 0 Å². The van der Waals surface area contributed by atoms with Crippen molar-refractivity contribution < 1.29 is 18.7 Å². The molecule has 3 nitrogen and oxygen atoms in total. The van der Waals surface area contributed by atoms with Crippen molar-refractivity contribution in [2.75, 3.05) is 6.54 Å². The largest absolute Gasteiger partial charge is 0.389 e. The quantitative estimate of drug-likeness (QED) is 0.812. The van der Waals surface area contributed by atoms with Crippen LogP contribution in [0.2, 0.25) is 0 Å². The maximum absolute atomic E-state index is 12.3. The van der Waals surface area contributed by atoms with Gasteiger partial charge in [-0.25, -0.2) is 0 Å². The average Bonchev–Trinajstić information content (AvgIpc) is 2.25. The first kappa shape index (κ1) is 14.9. The zero-order valence-corrected chi connectivity index (χ0v) is 10.9. The van der Waals surface area contributed by atoms with Gasteiger partial charge in [0.05, 0.1) is 11.2 Å². The van der Waals surface area contributed by atoms with Gasteiger partial charge >= 0.3 is 0 Å². The van der Waals surface area contributed by atoms with Gasteiger partial charge in [0, 0.05) is 11.4 Å². The summed E-state index contributed by atoms with van der Waals surface area (Å²) in [7, 11) is 0. The van der Waals surface area contributed by atoms with E-state index in [1.807, 2.05) is 0 Å². The van der Waals surface area contributed by atoms with Crippen LogP contribution < -0.4 is 5.32 Å². The lowest BCUT2D eigenvalue weighted by Gasteiger charge is -2.18. The van der Waals surface area contributed by atoms with Gasteiger partial charge in [-0.2, -0.15) is 8.78 Å². The molecule has 0 aromatic heterocycles. The van der Waals surface area contributed by atoms with E-state index in [9.17, 15) is 18.7 Å². The number of hydrogen-bond acceptors (Lipinski definition) is 3. The summed E-state index contributed by atoms with van der Waals surface area (Å²) in [6.45, 7) is 3.15. The van der Waals surface area contributed by atoms with Gasteiger partial charge in [-0.3, -0.25) is 4.79 Å². The van der Waals surface area contributed by atoms with Gasteiger partial charge in [0.1, 0.15) is 0 Å². The number of halogens is 2. The molecule has 0 heterocycles. The van der Waals surface area contributed by atoms with Crippen LogP contribution in [-0.2, 0) is 0 Å². The number of thioether (sulfide) groups is 1. The average molecular weight is 275 g/mol. The van der Waals surface area contributed by atoms with Crippen LogP contribution in [0.15, 0.2) is 29.2 Å². The highest BCUT2D eigenvalue weighted by molar-refractivity contribution is 7.99. The van der Waals surface area contributed by atoms with E-state index >= 15 is 0 Å². The monoisotopic (exact) mass is 275 g/mol. The Hall–Kier alpha value is -1.14. The predicted octanol–water partition coefficient (Wildman–Crippen LogP) is 2.50. The Morgan fingerprint density at radius 2 is 2.06 bits per heavy atom. The SMILES string of the molecule is CC(C)(O)CNC(=O)c1ccccc1SC(F)F. The first-order chi connectivity index (χ1) is 8.29. The molecule has 1 amide bonds. The van der Waals surface area contributed by atoms with Crippen LogP contribution in [0.3, 0.4) is 0 Å². The number of benzene rings is 1. The van der Waals surface area contributed by atoms with E-state index in [2.05, 4.69) is 5.32 Å². The first-order valence-corrected chi connectivity index (χ1v) is 6.22. The minimum Gasteiger partial charge on any atom is -0.389 e. The second-order valence-corrected chi connectivity index (χ2v) is 5.40. The molecule has 0 fully saturated rings. The number of carbonyl (C=O) groups is 1. The molecule has 100 valence electrons. The summed E-state index contributed by atoms with van der Waals surface area (Å²) in [5, 5.41) is 12.0. The smallest absolute Gasteiger partial charge is 0.288 e. The predicted molar refractivity (Wildman–Crippen MR) is 66.9 cm³/mol. The molecule has 0 radical (unpaired) electrons. The maximum Gasteiger partial charge on any atom is 0.288 e. The molecule has 0 aliphatic carbocycles. The number of amides is 1. The Balaban J connectivity index is 2.79. The maximum atomic E-state index is 12.3. The fraction of sp³-hybridized carbons (Fsp3) is 0.417. The minimum absolute atomic E-state index is 0.0551. The minimum atomic E-state index is -2.58. The molecule has 0 saturated carbocycles. The highest BCUT2D eigenvalue weighted by Crippen LogP contribution is 2.28. The standard InChI is InChI=1S/C12H15F2NO2S/c1-12(2,17)7-15-10(16)8-5-3-4-6-9(8)18-11(13)14/h3-6,11,17H,7H2,1-2H3,(H,15,16). The Bertz CT molecular complexity index is 419. The number of carbonyl (C=O) groups excluding carboxylic acids is 1. The second-order valence-electron chi connectivity index (χ2n) is 4.37. The van der Waals surface area contributed by atoms with E-state index in [0.29, 0.717) is 11.8 Å². The van der Waals surface area contributed by atoms with Crippen molar-refractivity contribution in [2.45, 2.75) is 30.1 Å². The molecule has 0 bridgehead atoms. The summed E-state index contributed by atoms with van der Waals surface area (Å²) in [6.07, 6.45) is 0. The van der Waals surface area contributed by atoms with Crippen molar-refractivity contribution in [1.82, 2.24) is 5.32 Å². The lowest BCUT2D eigenvalue weighted by atomic mass is 10.1. The highest BCUT2D eigenvalue weighted by atomic mass is 32.2. The molecule has 0 unspecified atom stereocenters. The fourth-order valence-electron chi connectivity index (χ4n) is 1.24. The van der Waals surface area contributed by atoms with Gasteiger partial charge in [-0.15, -0.1) is 0 Å². The Morgan fingerprint density at radius 1 is 1.44 bits per heavy atom. The van der Waals surface area contributed by atoms with Gasteiger partial charge in [0.25, 0.3) is 11.7 Å². The van der Waals surface area contributed by atoms with Crippen LogP contribution in [0.4, 0.5) is 8.78 Å². The molecule has 1 rings (SSSR count). The van der Waals surface area contributed by atoms with Crippen LogP contribution in [0.25, 0.3) is 0 Å². The highest BCUT2D eigenvalue weighted by Gasteiger charge is 2.18. The van der Waals surface area contributed by atoms with Crippen molar-refractivity contribution in [3.63, 3.8) is 0 Å². The van der Waals surface area contributed by atoms with E-state index in [1.54, 1.807) is 26.0 Å². The summed E-state index contributed by atoms with van der Waals surface area (Å²) in [5.41, 5.74) is -0.854. The van der Waals surface area contributed by atoms with Crippen LogP contribution in [0.5, 0.6) is 0 Å². The van der Waals surface area contributed by atoms with E-state index in [4.69, 9.17) is 0 Å². The molecule has 0 spiro atoms. The van der Waals surface area contributed by atoms with E-state index < -0.39 is 17.3 Å². The molecular formula is C12H15F2NO2S. The molecule has 0 aliphatic rings. The second kappa shape index (κ2) is 6.15. The Kier molecular flexibility index (Phi) is 5.10. The zero-order chi connectivity index (χ0) is 13.8. The van der Waals surface area contributed by atoms with E-state index in [0.717, 1.165) is 0 Å². The van der Waals surface area contributed by atoms with Crippen molar-refractivity contribution in [3.05, 3.63) is 29.8 Å².